The molecule has 1 aliphatic heterocycles. The minimum Gasteiger partial charge on any atom is -0.496 e. The van der Waals surface area contributed by atoms with Gasteiger partial charge in [-0.05, 0) is 62.6 Å². The van der Waals surface area contributed by atoms with E-state index in [0.29, 0.717) is 11.3 Å². The van der Waals surface area contributed by atoms with Gasteiger partial charge in [0, 0.05) is 17.8 Å². The number of fused-ring (bicyclic) bond motifs is 1. The number of anilines is 1. The zero-order valence-electron chi connectivity index (χ0n) is 17.8. The largest absolute Gasteiger partial charge is 0.496 e. The van der Waals surface area contributed by atoms with Gasteiger partial charge in [-0.25, -0.2) is 5.43 Å². The molecule has 0 saturated carbocycles. The van der Waals surface area contributed by atoms with Gasteiger partial charge in [0.25, 0.3) is 5.91 Å². The molecule has 1 amide bonds. The molecule has 29 heavy (non-hydrogen) atoms. The van der Waals surface area contributed by atoms with Gasteiger partial charge in [0.15, 0.2) is 0 Å². The summed E-state index contributed by atoms with van der Waals surface area (Å²) >= 11 is 0. The molecule has 0 atom stereocenters. The zero-order valence-corrected chi connectivity index (χ0v) is 17.8. The number of rotatable bonds is 6. The number of ether oxygens (including phenoxy) is 1. The Labute approximate surface area is 173 Å². The Hall–Kier alpha value is -3.08. The number of methoxy groups -OCH3 is 1. The Morgan fingerprint density at radius 1 is 1.24 bits per heavy atom. The van der Waals surface area contributed by atoms with E-state index in [9.17, 15) is 4.79 Å². The Balaban J connectivity index is 1.80. The topological polar surface area (TPSA) is 53.9 Å². The smallest absolute Gasteiger partial charge is 0.275 e. The molecule has 152 valence electrons. The molecule has 1 heterocycles. The zero-order chi connectivity index (χ0) is 21.0. The van der Waals surface area contributed by atoms with Crippen LogP contribution in [0.3, 0.4) is 0 Å². The molecule has 5 nitrogen and oxygen atoms in total. The Morgan fingerprint density at radius 3 is 2.72 bits per heavy atom. The van der Waals surface area contributed by atoms with Gasteiger partial charge in [-0.2, -0.15) is 5.10 Å². The molecule has 2 aromatic carbocycles. The molecule has 0 aromatic heterocycles. The van der Waals surface area contributed by atoms with Crippen molar-refractivity contribution in [1.82, 2.24) is 5.43 Å². The predicted octanol–water partition coefficient (Wildman–Crippen LogP) is 4.87. The maximum absolute atomic E-state index is 12.4. The van der Waals surface area contributed by atoms with Crippen molar-refractivity contribution in [2.75, 3.05) is 18.6 Å². The lowest BCUT2D eigenvalue weighted by atomic mass is 9.88. The van der Waals surface area contributed by atoms with Crippen LogP contribution in [0, 0.1) is 0 Å². The van der Waals surface area contributed by atoms with E-state index in [1.54, 1.807) is 31.5 Å². The van der Waals surface area contributed by atoms with Crippen LogP contribution in [-0.2, 0) is 0 Å². The molecule has 1 aliphatic rings. The summed E-state index contributed by atoms with van der Waals surface area (Å²) in [6, 6.07) is 13.4. The lowest BCUT2D eigenvalue weighted by molar-refractivity contribution is 0.0952. The van der Waals surface area contributed by atoms with E-state index in [1.165, 1.54) is 16.8 Å². The molecule has 0 unspecified atom stereocenters. The summed E-state index contributed by atoms with van der Waals surface area (Å²) in [5, 5.41) is 4.14. The number of hydrogen-bond acceptors (Lipinski definition) is 4. The van der Waals surface area contributed by atoms with Gasteiger partial charge in [-0.15, -0.1) is 0 Å². The Kier molecular flexibility index (Phi) is 6.06. The lowest BCUT2D eigenvalue weighted by Gasteiger charge is -2.43. The second kappa shape index (κ2) is 8.52. The fourth-order valence-electron chi connectivity index (χ4n) is 3.87. The molecule has 0 radical (unpaired) electrons. The van der Waals surface area contributed by atoms with Crippen molar-refractivity contribution in [3.8, 4) is 5.75 Å². The van der Waals surface area contributed by atoms with Crippen LogP contribution in [0.1, 0.15) is 55.6 Å². The minimum atomic E-state index is -0.302. The summed E-state index contributed by atoms with van der Waals surface area (Å²) in [6.07, 6.45) is 5.08. The van der Waals surface area contributed by atoms with E-state index in [2.05, 4.69) is 61.3 Å². The van der Waals surface area contributed by atoms with Crippen LogP contribution in [0.4, 0.5) is 5.69 Å². The summed E-state index contributed by atoms with van der Waals surface area (Å²) in [7, 11) is 1.54. The van der Waals surface area contributed by atoms with Crippen molar-refractivity contribution in [1.29, 1.82) is 0 Å². The summed E-state index contributed by atoms with van der Waals surface area (Å²) in [4.78, 5) is 14.8. The molecule has 0 saturated heterocycles. The van der Waals surface area contributed by atoms with Crippen LogP contribution < -0.4 is 15.1 Å². The number of para-hydroxylation sites is 1. The molecule has 1 N–H and O–H groups in total. The molecular weight excluding hydrogens is 362 g/mol. The number of hydrazone groups is 1. The third-order valence-corrected chi connectivity index (χ3v) is 5.18. The maximum Gasteiger partial charge on any atom is 0.275 e. The maximum atomic E-state index is 12.4. The monoisotopic (exact) mass is 391 g/mol. The van der Waals surface area contributed by atoms with E-state index < -0.39 is 0 Å². The van der Waals surface area contributed by atoms with Crippen LogP contribution in [0.2, 0.25) is 0 Å². The number of allylic oxidation sites excluding steroid dienone is 1. The molecular formula is C24H29N3O2. The van der Waals surface area contributed by atoms with Gasteiger partial charge < -0.3 is 9.64 Å². The van der Waals surface area contributed by atoms with Gasteiger partial charge in [-0.1, -0.05) is 31.2 Å². The summed E-state index contributed by atoms with van der Waals surface area (Å²) in [6.45, 7) is 9.85. The molecule has 0 fully saturated rings. The summed E-state index contributed by atoms with van der Waals surface area (Å²) < 4.78 is 5.23. The molecule has 0 spiro atoms. The summed E-state index contributed by atoms with van der Waals surface area (Å²) in [5.41, 5.74) is 7.67. The van der Waals surface area contributed by atoms with Gasteiger partial charge >= 0.3 is 0 Å². The number of nitrogens with one attached hydrogen (secondary N) is 1. The highest BCUT2D eigenvalue weighted by molar-refractivity contribution is 5.97. The van der Waals surface area contributed by atoms with Crippen LogP contribution in [0.15, 0.2) is 53.6 Å². The second-order valence-electron chi connectivity index (χ2n) is 7.81. The van der Waals surface area contributed by atoms with Crippen LogP contribution >= 0.6 is 0 Å². The van der Waals surface area contributed by atoms with Gasteiger partial charge in [-0.3, -0.25) is 4.79 Å². The lowest BCUT2D eigenvalue weighted by Crippen LogP contribution is -2.45. The number of carbonyl (C=O) groups excluding carboxylic acids is 1. The SMILES string of the molecule is CCCN1c2ccc(/C=N\NC(=O)c3ccccc3OC)cc2C(C)=CC1(C)C. The van der Waals surface area contributed by atoms with E-state index >= 15 is 0 Å². The first-order valence-electron chi connectivity index (χ1n) is 9.95. The fourth-order valence-corrected chi connectivity index (χ4v) is 3.87. The predicted molar refractivity (Wildman–Crippen MR) is 120 cm³/mol. The Morgan fingerprint density at radius 2 is 2.00 bits per heavy atom. The van der Waals surface area contributed by atoms with Gasteiger partial charge in [0.05, 0.1) is 24.4 Å². The number of amides is 1. The molecule has 5 heteroatoms. The van der Waals surface area contributed by atoms with Crippen molar-refractivity contribution in [3.05, 3.63) is 65.2 Å². The van der Waals surface area contributed by atoms with Crippen LogP contribution in [-0.4, -0.2) is 31.3 Å². The van der Waals surface area contributed by atoms with Crippen molar-refractivity contribution in [2.45, 2.75) is 39.7 Å². The van der Waals surface area contributed by atoms with E-state index in [0.717, 1.165) is 18.5 Å². The normalized spacial score (nSPS) is 15.1. The third-order valence-electron chi connectivity index (χ3n) is 5.18. The average molecular weight is 392 g/mol. The molecule has 0 bridgehead atoms. The average Bonchev–Trinajstić information content (AvgIpc) is 2.70. The highest BCUT2D eigenvalue weighted by atomic mass is 16.5. The number of hydrogen-bond donors (Lipinski definition) is 1. The van der Waals surface area contributed by atoms with Gasteiger partial charge in [0.1, 0.15) is 5.75 Å². The van der Waals surface area contributed by atoms with E-state index in [-0.39, 0.29) is 11.4 Å². The number of benzene rings is 2. The highest BCUT2D eigenvalue weighted by Gasteiger charge is 2.30. The summed E-state index contributed by atoms with van der Waals surface area (Å²) in [5.74, 6) is 0.219. The van der Waals surface area contributed by atoms with Gasteiger partial charge in [0.2, 0.25) is 0 Å². The first-order chi connectivity index (χ1) is 13.9. The van der Waals surface area contributed by atoms with Crippen LogP contribution in [0.25, 0.3) is 5.57 Å². The highest BCUT2D eigenvalue weighted by Crippen LogP contribution is 2.39. The van der Waals surface area contributed by atoms with E-state index in [1.807, 2.05) is 12.1 Å². The third kappa shape index (κ3) is 4.34. The van der Waals surface area contributed by atoms with Crippen LogP contribution in [0.5, 0.6) is 5.75 Å². The van der Waals surface area contributed by atoms with Crippen molar-refractivity contribution in [2.24, 2.45) is 5.10 Å². The van der Waals surface area contributed by atoms with Crippen molar-refractivity contribution in [3.63, 3.8) is 0 Å². The number of nitrogens with zero attached hydrogens (tertiary/aromatic N) is 2. The minimum absolute atomic E-state index is 0.00852. The van der Waals surface area contributed by atoms with Crippen molar-refractivity contribution >= 4 is 23.4 Å². The van der Waals surface area contributed by atoms with E-state index in [4.69, 9.17) is 4.74 Å². The molecule has 0 aliphatic carbocycles. The fraction of sp³-hybridized carbons (Fsp3) is 0.333. The first-order valence-corrected chi connectivity index (χ1v) is 9.95. The first kappa shape index (κ1) is 20.6. The second-order valence-corrected chi connectivity index (χ2v) is 7.81. The number of carbonyl (C=O) groups is 1. The van der Waals surface area contributed by atoms with Crippen molar-refractivity contribution < 1.29 is 9.53 Å². The molecule has 2 aromatic rings. The molecule has 3 rings (SSSR count). The quantitative estimate of drug-likeness (QED) is 0.564. The Bertz CT molecular complexity index is 960. The standard InChI is InChI=1S/C24H29N3O2/c1-6-13-27-21-12-11-18(14-20(21)17(2)15-24(27,3)4)16-25-26-23(28)19-9-7-8-10-22(19)29-5/h7-12,14-16H,6,13H2,1-5H3,(H,26,28)/b25-16-.